The molecule has 0 unspecified atom stereocenters. The maximum atomic E-state index is 12.9. The summed E-state index contributed by atoms with van der Waals surface area (Å²) in [5, 5.41) is 13.2. The molecule has 0 saturated carbocycles. The molecule has 1 aliphatic rings. The Kier molecular flexibility index (Phi) is 2.52. The average Bonchev–Trinajstić information content (AvgIpc) is 2.13. The highest BCUT2D eigenvalue weighted by molar-refractivity contribution is 5.22. The first kappa shape index (κ1) is 10.6. The van der Waals surface area contributed by atoms with Crippen LogP contribution in [-0.2, 0) is 0 Å². The zero-order chi connectivity index (χ0) is 11.1. The molecular formula is C12H16FNO. The third-order valence-electron chi connectivity index (χ3n) is 2.88. The van der Waals surface area contributed by atoms with Crippen molar-refractivity contribution < 1.29 is 9.50 Å². The van der Waals surface area contributed by atoms with E-state index in [0.717, 1.165) is 6.42 Å². The number of hydrogen-bond acceptors (Lipinski definition) is 2. The first-order valence-corrected chi connectivity index (χ1v) is 5.19. The van der Waals surface area contributed by atoms with Gasteiger partial charge in [-0.2, -0.15) is 0 Å². The van der Waals surface area contributed by atoms with E-state index in [0.29, 0.717) is 5.56 Å². The summed E-state index contributed by atoms with van der Waals surface area (Å²) in [5.41, 5.74) is 0.738. The molecule has 2 nitrogen and oxygen atoms in total. The van der Waals surface area contributed by atoms with Crippen LogP contribution >= 0.6 is 0 Å². The van der Waals surface area contributed by atoms with Gasteiger partial charge in [-0.1, -0.05) is 12.1 Å². The zero-order valence-electron chi connectivity index (χ0n) is 9.00. The predicted molar refractivity (Wildman–Crippen MR) is 57.0 cm³/mol. The Morgan fingerprint density at radius 3 is 2.73 bits per heavy atom. The van der Waals surface area contributed by atoms with E-state index in [-0.39, 0.29) is 17.4 Å². The summed E-state index contributed by atoms with van der Waals surface area (Å²) in [6.07, 6.45) is 0.290. The Morgan fingerprint density at radius 2 is 2.20 bits per heavy atom. The van der Waals surface area contributed by atoms with Gasteiger partial charge in [0.05, 0.1) is 6.10 Å². The van der Waals surface area contributed by atoms with E-state index in [1.54, 1.807) is 12.1 Å². The maximum absolute atomic E-state index is 12.9. The second-order valence-electron chi connectivity index (χ2n) is 4.84. The smallest absolute Gasteiger partial charge is 0.123 e. The average molecular weight is 209 g/mol. The molecule has 1 heterocycles. The summed E-state index contributed by atoms with van der Waals surface area (Å²) < 4.78 is 12.9. The second kappa shape index (κ2) is 3.58. The van der Waals surface area contributed by atoms with Gasteiger partial charge in [0.2, 0.25) is 0 Å². The van der Waals surface area contributed by atoms with Crippen LogP contribution in [0.2, 0.25) is 0 Å². The molecule has 2 atom stereocenters. The maximum Gasteiger partial charge on any atom is 0.123 e. The summed E-state index contributed by atoms with van der Waals surface area (Å²) in [6.45, 7) is 4.17. The van der Waals surface area contributed by atoms with Crippen LogP contribution in [-0.4, -0.2) is 16.7 Å². The molecule has 1 fully saturated rings. The highest BCUT2D eigenvalue weighted by Gasteiger charge is 2.39. The molecule has 0 aromatic heterocycles. The van der Waals surface area contributed by atoms with Crippen molar-refractivity contribution >= 4 is 0 Å². The molecule has 3 heteroatoms. The van der Waals surface area contributed by atoms with Crippen LogP contribution in [0.15, 0.2) is 24.3 Å². The second-order valence-corrected chi connectivity index (χ2v) is 4.84. The summed E-state index contributed by atoms with van der Waals surface area (Å²) in [6, 6.07) is 6.19. The highest BCUT2D eigenvalue weighted by atomic mass is 19.1. The molecule has 15 heavy (non-hydrogen) atoms. The van der Waals surface area contributed by atoms with Crippen LogP contribution < -0.4 is 5.32 Å². The van der Waals surface area contributed by atoms with Gasteiger partial charge in [0.15, 0.2) is 0 Å². The summed E-state index contributed by atoms with van der Waals surface area (Å²) in [5.74, 6) is -0.301. The van der Waals surface area contributed by atoms with Gasteiger partial charge in [-0.3, -0.25) is 0 Å². The highest BCUT2D eigenvalue weighted by Crippen LogP contribution is 2.32. The van der Waals surface area contributed by atoms with Gasteiger partial charge in [0.25, 0.3) is 0 Å². The third-order valence-corrected chi connectivity index (χ3v) is 2.88. The van der Waals surface area contributed by atoms with Crippen molar-refractivity contribution in [1.82, 2.24) is 5.32 Å². The van der Waals surface area contributed by atoms with Crippen molar-refractivity contribution in [2.45, 2.75) is 38.0 Å². The molecule has 0 radical (unpaired) electrons. The van der Waals surface area contributed by atoms with Crippen LogP contribution in [0.4, 0.5) is 4.39 Å². The van der Waals surface area contributed by atoms with Crippen molar-refractivity contribution in [2.75, 3.05) is 0 Å². The Morgan fingerprint density at radius 1 is 1.53 bits per heavy atom. The lowest BCUT2D eigenvalue weighted by Gasteiger charge is -2.46. The minimum atomic E-state index is -0.617. The Labute approximate surface area is 89.1 Å². The van der Waals surface area contributed by atoms with E-state index in [1.165, 1.54) is 12.1 Å². The number of halogens is 1. The van der Waals surface area contributed by atoms with Crippen LogP contribution in [0.25, 0.3) is 0 Å². The lowest BCUT2D eigenvalue weighted by atomic mass is 9.80. The van der Waals surface area contributed by atoms with Crippen LogP contribution in [0, 0.1) is 5.82 Å². The SMILES string of the molecule is CC1(C)C[C@@H]([C@@H](O)c2cccc(F)c2)N1. The normalized spacial score (nSPS) is 25.7. The lowest BCUT2D eigenvalue weighted by Crippen LogP contribution is -2.61. The molecule has 1 aromatic carbocycles. The topological polar surface area (TPSA) is 32.3 Å². The number of hydrogen-bond donors (Lipinski definition) is 2. The van der Waals surface area contributed by atoms with Gasteiger partial charge in [-0.05, 0) is 38.0 Å². The zero-order valence-corrected chi connectivity index (χ0v) is 9.00. The quantitative estimate of drug-likeness (QED) is 0.780. The van der Waals surface area contributed by atoms with E-state index in [1.807, 2.05) is 0 Å². The molecule has 0 amide bonds. The number of aliphatic hydroxyl groups is 1. The van der Waals surface area contributed by atoms with E-state index >= 15 is 0 Å². The lowest BCUT2D eigenvalue weighted by molar-refractivity contribution is 0.0388. The monoisotopic (exact) mass is 209 g/mol. The van der Waals surface area contributed by atoms with Crippen molar-refractivity contribution in [1.29, 1.82) is 0 Å². The Bertz CT molecular complexity index is 356. The van der Waals surface area contributed by atoms with Crippen molar-refractivity contribution in [3.8, 4) is 0 Å². The van der Waals surface area contributed by atoms with Crippen molar-refractivity contribution in [3.05, 3.63) is 35.6 Å². The third kappa shape index (κ3) is 2.19. The fourth-order valence-electron chi connectivity index (χ4n) is 2.14. The fourth-order valence-corrected chi connectivity index (χ4v) is 2.14. The van der Waals surface area contributed by atoms with Gasteiger partial charge < -0.3 is 10.4 Å². The molecule has 82 valence electrons. The molecule has 0 bridgehead atoms. The summed E-state index contributed by atoms with van der Waals surface area (Å²) in [7, 11) is 0. The molecule has 2 N–H and O–H groups in total. The molecule has 0 spiro atoms. The number of nitrogens with one attached hydrogen (secondary N) is 1. The van der Waals surface area contributed by atoms with Gasteiger partial charge in [0, 0.05) is 11.6 Å². The van der Waals surface area contributed by atoms with E-state index < -0.39 is 6.10 Å². The molecular weight excluding hydrogens is 193 g/mol. The molecule has 1 aliphatic heterocycles. The largest absolute Gasteiger partial charge is 0.387 e. The molecule has 1 aromatic rings. The van der Waals surface area contributed by atoms with Crippen LogP contribution in [0.1, 0.15) is 31.9 Å². The van der Waals surface area contributed by atoms with Gasteiger partial charge in [0.1, 0.15) is 5.82 Å². The van der Waals surface area contributed by atoms with Crippen LogP contribution in [0.5, 0.6) is 0 Å². The van der Waals surface area contributed by atoms with E-state index in [4.69, 9.17) is 0 Å². The number of rotatable bonds is 2. The standard InChI is InChI=1S/C12H16FNO/c1-12(2)7-10(14-12)11(15)8-4-3-5-9(13)6-8/h3-6,10-11,14-15H,7H2,1-2H3/t10-,11-/m0/s1. The molecule has 1 saturated heterocycles. The van der Waals surface area contributed by atoms with E-state index in [2.05, 4.69) is 19.2 Å². The first-order chi connectivity index (χ1) is 6.98. The molecule has 2 rings (SSSR count). The van der Waals surface area contributed by atoms with Gasteiger partial charge >= 0.3 is 0 Å². The van der Waals surface area contributed by atoms with Crippen molar-refractivity contribution in [3.63, 3.8) is 0 Å². The van der Waals surface area contributed by atoms with Crippen molar-refractivity contribution in [2.24, 2.45) is 0 Å². The minimum absolute atomic E-state index is 0.0433. The number of aliphatic hydroxyl groups excluding tert-OH is 1. The van der Waals surface area contributed by atoms with Gasteiger partial charge in [-0.25, -0.2) is 4.39 Å². The summed E-state index contributed by atoms with van der Waals surface area (Å²) >= 11 is 0. The number of benzene rings is 1. The minimum Gasteiger partial charge on any atom is -0.387 e. The predicted octanol–water partition coefficient (Wildman–Crippen LogP) is 2.00. The Balaban J connectivity index is 2.06. The first-order valence-electron chi connectivity index (χ1n) is 5.19. The summed E-state index contributed by atoms with van der Waals surface area (Å²) in [4.78, 5) is 0. The van der Waals surface area contributed by atoms with Crippen LogP contribution in [0.3, 0.4) is 0 Å². The molecule has 0 aliphatic carbocycles. The fraction of sp³-hybridized carbons (Fsp3) is 0.500. The van der Waals surface area contributed by atoms with Gasteiger partial charge in [-0.15, -0.1) is 0 Å². The Hall–Kier alpha value is -0.930. The van der Waals surface area contributed by atoms with E-state index in [9.17, 15) is 9.50 Å².